The van der Waals surface area contributed by atoms with Crippen LogP contribution in [-0.4, -0.2) is 49.2 Å². The van der Waals surface area contributed by atoms with E-state index in [1.165, 1.54) is 22.3 Å². The lowest BCUT2D eigenvalue weighted by atomic mass is 9.81. The first-order valence-electron chi connectivity index (χ1n) is 12.7. The van der Waals surface area contributed by atoms with Crippen LogP contribution in [0.3, 0.4) is 0 Å². The summed E-state index contributed by atoms with van der Waals surface area (Å²) >= 11 is 0. The summed E-state index contributed by atoms with van der Waals surface area (Å²) in [4.78, 5) is 43.2. The molecule has 0 saturated carbocycles. The van der Waals surface area contributed by atoms with Crippen LogP contribution in [0.5, 0.6) is 0 Å². The molecule has 2 rings (SSSR count). The van der Waals surface area contributed by atoms with Gasteiger partial charge in [0.1, 0.15) is 19.2 Å². The number of benzene rings is 1. The Kier molecular flexibility index (Phi) is 12.0. The molecule has 1 aromatic carbocycles. The smallest absolute Gasteiger partial charge is 0.262 e. The Balaban J connectivity index is 2.19. The zero-order valence-electron chi connectivity index (χ0n) is 21.8. The Morgan fingerprint density at radius 3 is 2.39 bits per heavy atom. The lowest BCUT2D eigenvalue weighted by molar-refractivity contribution is -0.148. The molecule has 1 heterocycles. The maximum atomic E-state index is 13.6. The molecule has 2 aromatic rings. The predicted octanol–water partition coefficient (Wildman–Crippen LogP) is 2.99. The van der Waals surface area contributed by atoms with Gasteiger partial charge in [0.15, 0.2) is 0 Å². The average Bonchev–Trinajstić information content (AvgIpc) is 3.38. The molecular weight excluding hydrogens is 460 g/mol. The van der Waals surface area contributed by atoms with Crippen molar-refractivity contribution in [3.63, 3.8) is 0 Å². The minimum Gasteiger partial charge on any atom is -0.289 e. The zero-order chi connectivity index (χ0) is 26.5. The fraction of sp³-hybridized carbons (Fsp3) is 0.577. The molecule has 3 atom stereocenters. The molecule has 36 heavy (non-hydrogen) atoms. The van der Waals surface area contributed by atoms with Crippen LogP contribution in [0.4, 0.5) is 0 Å². The summed E-state index contributed by atoms with van der Waals surface area (Å²) in [5.41, 5.74) is 5.68. The van der Waals surface area contributed by atoms with E-state index >= 15 is 0 Å². The number of hydrogen-bond donors (Lipinski definition) is 3. The van der Waals surface area contributed by atoms with Gasteiger partial charge >= 0.3 is 0 Å². The molecule has 198 valence electrons. The third kappa shape index (κ3) is 9.41. The molecular formula is C26H40N6O4. The van der Waals surface area contributed by atoms with Crippen molar-refractivity contribution in [2.75, 3.05) is 6.54 Å². The number of carbonyl (C=O) groups is 3. The first-order chi connectivity index (χ1) is 17.2. The van der Waals surface area contributed by atoms with Gasteiger partial charge in [0.05, 0.1) is 11.8 Å². The molecule has 0 bridgehead atoms. The number of rotatable bonds is 14. The highest BCUT2D eigenvalue weighted by Gasteiger charge is 2.35. The highest BCUT2D eigenvalue weighted by molar-refractivity contribution is 5.88. The highest BCUT2D eigenvalue weighted by Crippen LogP contribution is 2.26. The summed E-state index contributed by atoms with van der Waals surface area (Å²) in [5.74, 6) is -2.51. The second kappa shape index (κ2) is 15.0. The molecule has 3 N–H and O–H groups in total. The van der Waals surface area contributed by atoms with Gasteiger partial charge in [0.25, 0.3) is 5.91 Å². The molecule has 1 aromatic heterocycles. The summed E-state index contributed by atoms with van der Waals surface area (Å²) in [6.07, 6.45) is 5.89. The van der Waals surface area contributed by atoms with Crippen molar-refractivity contribution >= 4 is 17.7 Å². The highest BCUT2D eigenvalue weighted by atomic mass is 16.5. The van der Waals surface area contributed by atoms with E-state index in [9.17, 15) is 19.6 Å². The molecule has 0 saturated heterocycles. The Bertz CT molecular complexity index is 935. The summed E-state index contributed by atoms with van der Waals surface area (Å²) in [6.45, 7) is 8.23. The Morgan fingerprint density at radius 2 is 1.81 bits per heavy atom. The average molecular weight is 501 g/mol. The van der Waals surface area contributed by atoms with E-state index in [2.05, 4.69) is 15.5 Å². The first kappa shape index (κ1) is 29.0. The number of aromatic nitrogens is 3. The lowest BCUT2D eigenvalue weighted by Gasteiger charge is -2.31. The number of hydrazine groups is 1. The van der Waals surface area contributed by atoms with E-state index in [1.807, 2.05) is 58.0 Å². The molecule has 0 aliphatic heterocycles. The van der Waals surface area contributed by atoms with Gasteiger partial charge in [-0.1, -0.05) is 64.4 Å². The molecule has 0 aliphatic rings. The lowest BCUT2D eigenvalue weighted by Crippen LogP contribution is -2.53. The van der Waals surface area contributed by atoms with E-state index < -0.39 is 23.7 Å². The van der Waals surface area contributed by atoms with E-state index in [-0.39, 0.29) is 24.3 Å². The molecule has 0 radical (unpaired) electrons. The van der Waals surface area contributed by atoms with Crippen LogP contribution < -0.4 is 10.9 Å². The SMILES string of the molecule is CC[C@H](C)CN(NC(=O)[C@H](CC(C)C)[C@H](CCCc1ccccc1)C(=O)NO)C(=O)Cn1cncn1. The molecule has 10 nitrogen and oxygen atoms in total. The second-order valence-electron chi connectivity index (χ2n) is 9.78. The fourth-order valence-corrected chi connectivity index (χ4v) is 4.14. The number of aryl methyl sites for hydroxylation is 1. The van der Waals surface area contributed by atoms with Crippen molar-refractivity contribution < 1.29 is 19.6 Å². The minimum absolute atomic E-state index is 0.0663. The third-order valence-corrected chi connectivity index (χ3v) is 6.32. The summed E-state index contributed by atoms with van der Waals surface area (Å²) < 4.78 is 1.40. The van der Waals surface area contributed by atoms with E-state index in [1.54, 1.807) is 5.48 Å². The van der Waals surface area contributed by atoms with Gasteiger partial charge in [0, 0.05) is 6.54 Å². The molecule has 0 unspecified atom stereocenters. The number of nitrogens with zero attached hydrogens (tertiary/aromatic N) is 4. The van der Waals surface area contributed by atoms with E-state index in [4.69, 9.17) is 0 Å². The van der Waals surface area contributed by atoms with Gasteiger partial charge in [-0.2, -0.15) is 5.10 Å². The molecule has 0 fully saturated rings. The van der Waals surface area contributed by atoms with Crippen molar-refractivity contribution in [3.8, 4) is 0 Å². The molecule has 3 amide bonds. The quantitative estimate of drug-likeness (QED) is 0.270. The Morgan fingerprint density at radius 1 is 1.08 bits per heavy atom. The fourth-order valence-electron chi connectivity index (χ4n) is 4.14. The molecule has 0 spiro atoms. The second-order valence-corrected chi connectivity index (χ2v) is 9.78. The van der Waals surface area contributed by atoms with Crippen LogP contribution in [0.25, 0.3) is 0 Å². The number of hydrogen-bond acceptors (Lipinski definition) is 6. The van der Waals surface area contributed by atoms with Gasteiger partial charge < -0.3 is 0 Å². The normalized spacial score (nSPS) is 13.6. The van der Waals surface area contributed by atoms with Crippen molar-refractivity contribution in [2.45, 2.75) is 66.3 Å². The predicted molar refractivity (Wildman–Crippen MR) is 135 cm³/mol. The van der Waals surface area contributed by atoms with Crippen LogP contribution in [0.15, 0.2) is 43.0 Å². The zero-order valence-corrected chi connectivity index (χ0v) is 21.8. The number of amides is 3. The van der Waals surface area contributed by atoms with Crippen LogP contribution in [0.1, 0.15) is 58.9 Å². The van der Waals surface area contributed by atoms with Crippen LogP contribution in [-0.2, 0) is 27.3 Å². The van der Waals surface area contributed by atoms with Gasteiger partial charge in [-0.05, 0) is 43.1 Å². The van der Waals surface area contributed by atoms with E-state index in [0.717, 1.165) is 18.4 Å². The van der Waals surface area contributed by atoms with Crippen molar-refractivity contribution in [2.24, 2.45) is 23.7 Å². The van der Waals surface area contributed by atoms with Crippen molar-refractivity contribution in [1.29, 1.82) is 0 Å². The Labute approximate surface area is 213 Å². The van der Waals surface area contributed by atoms with Crippen LogP contribution in [0, 0.1) is 23.7 Å². The summed E-state index contributed by atoms with van der Waals surface area (Å²) in [6, 6.07) is 9.92. The monoisotopic (exact) mass is 500 g/mol. The van der Waals surface area contributed by atoms with Crippen LogP contribution >= 0.6 is 0 Å². The topological polar surface area (TPSA) is 129 Å². The minimum atomic E-state index is -0.739. The van der Waals surface area contributed by atoms with Gasteiger partial charge in [0.2, 0.25) is 11.8 Å². The van der Waals surface area contributed by atoms with Crippen LogP contribution in [0.2, 0.25) is 0 Å². The van der Waals surface area contributed by atoms with Gasteiger partial charge in [-0.3, -0.25) is 30.0 Å². The third-order valence-electron chi connectivity index (χ3n) is 6.32. The largest absolute Gasteiger partial charge is 0.289 e. The van der Waals surface area contributed by atoms with Crippen molar-refractivity contribution in [3.05, 3.63) is 48.5 Å². The molecule has 0 aliphatic carbocycles. The maximum absolute atomic E-state index is 13.6. The number of carbonyl (C=O) groups excluding carboxylic acids is 3. The Hall–Kier alpha value is -3.27. The van der Waals surface area contributed by atoms with Gasteiger partial charge in [-0.15, -0.1) is 0 Å². The van der Waals surface area contributed by atoms with Crippen molar-refractivity contribution in [1.82, 2.24) is 30.7 Å². The van der Waals surface area contributed by atoms with Gasteiger partial charge in [-0.25, -0.2) is 15.1 Å². The summed E-state index contributed by atoms with van der Waals surface area (Å²) in [5, 5.41) is 14.7. The number of nitrogens with one attached hydrogen (secondary N) is 2. The molecule has 10 heteroatoms. The first-order valence-corrected chi connectivity index (χ1v) is 12.7. The van der Waals surface area contributed by atoms with E-state index in [0.29, 0.717) is 25.8 Å². The number of hydroxylamine groups is 1. The maximum Gasteiger partial charge on any atom is 0.262 e. The standard InChI is InChI=1S/C26H40N6O4/c1-5-20(4)15-32(24(33)16-31-18-27-17-28-31)29-25(34)23(14-19(2)3)22(26(35)30-36)13-9-12-21-10-7-6-8-11-21/h6-8,10-11,17-20,22-23,36H,5,9,12-16H2,1-4H3,(H,29,34)(H,30,35)/t20-,22-,23+/m0/s1. The summed E-state index contributed by atoms with van der Waals surface area (Å²) in [7, 11) is 0.